The van der Waals surface area contributed by atoms with E-state index in [1.807, 2.05) is 56.3 Å². The number of aromatic nitrogens is 3. The molecule has 98 heavy (non-hydrogen) atoms. The number of H-pyrrole nitrogens is 1. The number of ether oxygens (including phenoxy) is 6. The molecule has 12 rings (SSSR count). The Labute approximate surface area is 567 Å². The highest BCUT2D eigenvalue weighted by molar-refractivity contribution is 5.93. The third-order valence-corrected chi connectivity index (χ3v) is 21.7. The number of fused-ring (bicyclic) bond motifs is 5. The van der Waals surface area contributed by atoms with E-state index in [9.17, 15) is 49.5 Å². The van der Waals surface area contributed by atoms with Crippen molar-refractivity contribution in [2.24, 2.45) is 34.5 Å². The number of carbonyl (C=O) groups is 6. The van der Waals surface area contributed by atoms with Gasteiger partial charge in [-0.1, -0.05) is 100 Å². The Morgan fingerprint density at radius 1 is 0.847 bits per heavy atom. The lowest BCUT2D eigenvalue weighted by atomic mass is 9.45. The Morgan fingerprint density at radius 3 is 2.14 bits per heavy atom. The zero-order chi connectivity index (χ0) is 70.1. The number of nitrogens with zero attached hydrogens (tertiary/aromatic N) is 4. The number of piperidine rings is 2. The topological polar surface area (TPSA) is 328 Å². The second-order valence-corrected chi connectivity index (χ2v) is 29.4. The van der Waals surface area contributed by atoms with Crippen molar-refractivity contribution >= 4 is 41.5 Å². The molecule has 2 saturated carbocycles. The molecule has 2 amide bonds. The molecular weight excluding hydrogens is 1260 g/mol. The van der Waals surface area contributed by atoms with E-state index in [0.29, 0.717) is 54.9 Å². The lowest BCUT2D eigenvalue weighted by molar-refractivity contribution is -0.306. The van der Waals surface area contributed by atoms with Crippen LogP contribution >= 0.6 is 0 Å². The second-order valence-electron chi connectivity index (χ2n) is 29.4. The third-order valence-electron chi connectivity index (χ3n) is 21.7. The van der Waals surface area contributed by atoms with Gasteiger partial charge in [0, 0.05) is 67.3 Å². The number of carbonyl (C=O) groups excluding carboxylic acids is 5. The maximum absolute atomic E-state index is 15.7. The predicted octanol–water partition coefficient (Wildman–Crippen LogP) is 8.39. The summed E-state index contributed by atoms with van der Waals surface area (Å²) in [6, 6.07) is 26.4. The van der Waals surface area contributed by atoms with Crippen LogP contribution in [0, 0.1) is 34.5 Å². The van der Waals surface area contributed by atoms with E-state index in [2.05, 4.69) is 20.4 Å². The number of aliphatic hydroxyl groups excluding tert-OH is 2. The van der Waals surface area contributed by atoms with Gasteiger partial charge in [-0.15, -0.1) is 0 Å². The molecule has 4 aliphatic heterocycles. The van der Waals surface area contributed by atoms with E-state index in [1.165, 1.54) is 16.9 Å². The first-order valence-corrected chi connectivity index (χ1v) is 33.9. The van der Waals surface area contributed by atoms with Crippen molar-refractivity contribution in [3.05, 3.63) is 147 Å². The zero-order valence-corrected chi connectivity index (χ0v) is 56.6. The van der Waals surface area contributed by atoms with Gasteiger partial charge in [0.2, 0.25) is 12.0 Å². The Balaban J connectivity index is 0.771. The SMILES string of the molecule is CC1=C2[C@@H](O)C(=O)[C@@]3(C)C(C4C(CC(=O)O)O[C@@H]4C[C@@H]3O)[C@@H]3OC(c4ccccc4)=CO[C@@]3(C[C@@H]1OC(=O)[C@H](OC(=O)C1CCN(C(=O)C3CCN(Cc4ccc(-n5c(-c6cc(C(C)C)c(O)cc6O)n[nH]c5=O)cc4)CC3)CC1)[C@@H](NC(=O)OC(C)(C)C)c1ccccc1)C2(C)C. The van der Waals surface area contributed by atoms with Gasteiger partial charge in [0.15, 0.2) is 23.0 Å². The van der Waals surface area contributed by atoms with Crippen LogP contribution in [0.5, 0.6) is 11.5 Å². The fraction of sp³-hybridized carbons (Fsp3) is 0.514. The average molecular weight is 1350 g/mol. The summed E-state index contributed by atoms with van der Waals surface area (Å²) >= 11 is 0. The highest BCUT2D eigenvalue weighted by atomic mass is 16.6. The number of carboxylic acid groups (broad SMARTS) is 1. The van der Waals surface area contributed by atoms with Gasteiger partial charge in [0.25, 0.3) is 0 Å². The predicted molar refractivity (Wildman–Crippen MR) is 355 cm³/mol. The number of esters is 2. The molecule has 7 N–H and O–H groups in total. The first-order chi connectivity index (χ1) is 46.5. The maximum Gasteiger partial charge on any atom is 0.408 e. The maximum atomic E-state index is 15.7. The summed E-state index contributed by atoms with van der Waals surface area (Å²) < 4.78 is 40.6. The van der Waals surface area contributed by atoms with Gasteiger partial charge in [0.1, 0.15) is 47.7 Å². The number of carboxylic acids is 1. The molecular formula is C74H88N6O18. The highest BCUT2D eigenvalue weighted by Crippen LogP contribution is 2.66. The minimum atomic E-state index is -1.91. The minimum Gasteiger partial charge on any atom is -0.508 e. The number of ketones is 1. The van der Waals surface area contributed by atoms with Crippen molar-refractivity contribution in [2.75, 3.05) is 26.2 Å². The summed E-state index contributed by atoms with van der Waals surface area (Å²) in [6.45, 7) is 18.0. The van der Waals surface area contributed by atoms with Crippen LogP contribution in [0.4, 0.5) is 4.79 Å². The smallest absolute Gasteiger partial charge is 0.408 e. The first kappa shape index (κ1) is 69.1. The van der Waals surface area contributed by atoms with Gasteiger partial charge in [-0.3, -0.25) is 24.1 Å². The monoisotopic (exact) mass is 1350 g/mol. The first-order valence-electron chi connectivity index (χ1n) is 33.9. The van der Waals surface area contributed by atoms with Crippen LogP contribution in [0.1, 0.15) is 141 Å². The summed E-state index contributed by atoms with van der Waals surface area (Å²) in [7, 11) is 0. The molecule has 5 heterocycles. The third kappa shape index (κ3) is 12.8. The van der Waals surface area contributed by atoms with Gasteiger partial charge >= 0.3 is 29.7 Å². The molecule has 3 saturated heterocycles. The van der Waals surface area contributed by atoms with Crippen LogP contribution in [-0.2, 0) is 58.9 Å². The molecule has 5 aromatic rings. The Morgan fingerprint density at radius 2 is 1.50 bits per heavy atom. The number of aliphatic hydroxyl groups is 2. The number of aromatic hydroxyl groups is 2. The molecule has 24 nitrogen and oxygen atoms in total. The number of alkyl carbamates (subject to hydrolysis) is 1. The van der Waals surface area contributed by atoms with Gasteiger partial charge in [-0.25, -0.2) is 24.0 Å². The number of likely N-dealkylation sites (tertiary alicyclic amines) is 2. The number of aliphatic carboxylic acids is 1. The fourth-order valence-electron chi connectivity index (χ4n) is 16.5. The number of nitrogens with one attached hydrogen (secondary N) is 2. The number of amides is 2. The molecule has 1 spiro atoms. The molecule has 4 aromatic carbocycles. The quantitative estimate of drug-likeness (QED) is 0.0277. The standard InChI is InChI=1S/C74H88N6O18/c1-39(2)47-32-48(50(82)33-49(47)81)65-76-77-69(91)80(65)46-22-20-41(21-23-46)37-78-28-24-44(25-29-78)66(88)79-30-26-45(27-31-79)67(89)97-62(60(43-18-14-11-15-19-43)75-70(92)98-71(4,5)6)68(90)96-53-36-74-64(95-54(38-93-74)42-16-12-10-13-17-42)59-57-51(94-52(57)35-56(84)85)34-55(83)73(59,9)63(87)61(86)58(40(53)3)72(74,7)8/h10-23,32-33,38-39,44-45,51-53,55,57,59-62,64,81-83,86H,24-31,34-37H2,1-9H3,(H,75,92)(H,77,91)(H,84,85)/t51-,52?,53+,55+,57?,59?,60+,61-,62-,64+,73-,74-/m1/s1. The van der Waals surface area contributed by atoms with Gasteiger partial charge in [-0.05, 0) is 125 Å². The summed E-state index contributed by atoms with van der Waals surface area (Å²) in [4.78, 5) is 104. The second kappa shape index (κ2) is 26.8. The van der Waals surface area contributed by atoms with Crippen molar-refractivity contribution in [1.82, 2.24) is 29.9 Å². The van der Waals surface area contributed by atoms with E-state index in [1.54, 1.807) is 102 Å². The van der Waals surface area contributed by atoms with Crippen molar-refractivity contribution in [3.8, 4) is 28.6 Å². The Kier molecular flexibility index (Phi) is 18.9. The normalized spacial score (nSPS) is 27.8. The molecule has 3 aliphatic carbocycles. The van der Waals surface area contributed by atoms with Crippen LogP contribution in [-0.4, -0.2) is 166 Å². The minimum absolute atomic E-state index is 0.0177. The van der Waals surface area contributed by atoms with Crippen molar-refractivity contribution in [2.45, 2.75) is 180 Å². The lowest BCUT2D eigenvalue weighted by Gasteiger charge is -2.67. The number of phenolic OH excluding ortho intramolecular Hbond substituents is 2. The van der Waals surface area contributed by atoms with E-state index in [4.69, 9.17) is 28.4 Å². The number of Topliss-reactive ketones (excluding diaryl/α,β-unsaturated/α-hetero) is 1. The Bertz CT molecular complexity index is 3990. The summed E-state index contributed by atoms with van der Waals surface area (Å²) in [5.41, 5.74) is -2.47. The number of aromatic amines is 1. The zero-order valence-electron chi connectivity index (χ0n) is 56.6. The highest BCUT2D eigenvalue weighted by Gasteiger charge is 2.75. The van der Waals surface area contributed by atoms with Crippen LogP contribution < -0.4 is 11.0 Å². The van der Waals surface area contributed by atoms with E-state index in [0.717, 1.165) is 5.56 Å². The number of hydrogen-bond donors (Lipinski definition) is 7. The fourth-order valence-corrected chi connectivity index (χ4v) is 16.5. The average Bonchev–Trinajstić information content (AvgIpc) is 0.749. The number of hydrogen-bond acceptors (Lipinski definition) is 19. The van der Waals surface area contributed by atoms with E-state index >= 15 is 9.59 Å². The van der Waals surface area contributed by atoms with E-state index in [-0.39, 0.29) is 96.3 Å². The molecule has 24 heteroatoms. The van der Waals surface area contributed by atoms with Gasteiger partial charge in [-0.2, -0.15) is 5.10 Å². The van der Waals surface area contributed by atoms with Crippen LogP contribution in [0.3, 0.4) is 0 Å². The number of rotatable bonds is 16. The molecule has 0 radical (unpaired) electrons. The molecule has 5 fully saturated rings. The summed E-state index contributed by atoms with van der Waals surface area (Å²) in [5, 5.41) is 65.9. The molecule has 522 valence electrons. The van der Waals surface area contributed by atoms with Crippen LogP contribution in [0.2, 0.25) is 0 Å². The van der Waals surface area contributed by atoms with Crippen molar-refractivity contribution < 1.29 is 82.7 Å². The Hall–Kier alpha value is -8.84. The van der Waals surface area contributed by atoms with Gasteiger partial charge in [0.05, 0.1) is 47.3 Å². The summed E-state index contributed by atoms with van der Waals surface area (Å²) in [6.07, 6.45) is -7.87. The number of phenols is 2. The number of benzene rings is 4. The largest absolute Gasteiger partial charge is 0.508 e. The summed E-state index contributed by atoms with van der Waals surface area (Å²) in [5.74, 6) is -6.48. The molecule has 1 aromatic heterocycles. The van der Waals surface area contributed by atoms with Crippen molar-refractivity contribution in [1.29, 1.82) is 0 Å². The lowest BCUT2D eigenvalue weighted by Crippen LogP contribution is -2.76. The molecule has 12 atom stereocenters. The van der Waals surface area contributed by atoms with E-state index < -0.39 is 130 Å². The van der Waals surface area contributed by atoms with Crippen LogP contribution in [0.25, 0.3) is 22.8 Å². The molecule has 7 aliphatic rings. The molecule has 3 unspecified atom stereocenters. The van der Waals surface area contributed by atoms with Gasteiger partial charge < -0.3 is 64.2 Å². The van der Waals surface area contributed by atoms with Crippen LogP contribution in [0.15, 0.2) is 119 Å². The molecule has 2 bridgehead atoms. The van der Waals surface area contributed by atoms with Crippen molar-refractivity contribution in [3.63, 3.8) is 0 Å².